The predicted molar refractivity (Wildman–Crippen MR) is 71.4 cm³/mol. The van der Waals surface area contributed by atoms with E-state index in [1.165, 1.54) is 25.3 Å². The van der Waals surface area contributed by atoms with Gasteiger partial charge in [0.15, 0.2) is 11.6 Å². The number of hydrogen-bond acceptors (Lipinski definition) is 2. The molecule has 0 fully saturated rings. The largest absolute Gasteiger partial charge is 0.494 e. The Morgan fingerprint density at radius 3 is 2.58 bits per heavy atom. The maximum atomic E-state index is 13.3. The summed E-state index contributed by atoms with van der Waals surface area (Å²) in [7, 11) is 1.41. The third-order valence-corrected chi connectivity index (χ3v) is 2.88. The SMILES string of the molecule is COc1cc(NC(C)c2cccc(F)c2)ccc1F. The maximum Gasteiger partial charge on any atom is 0.165 e. The van der Waals surface area contributed by atoms with Crippen LogP contribution in [0.1, 0.15) is 18.5 Å². The Kier molecular flexibility index (Phi) is 4.00. The van der Waals surface area contributed by atoms with Gasteiger partial charge in [-0.25, -0.2) is 8.78 Å². The molecule has 0 saturated carbocycles. The number of hydrogen-bond donors (Lipinski definition) is 1. The van der Waals surface area contributed by atoms with Crippen LogP contribution in [-0.2, 0) is 0 Å². The molecule has 4 heteroatoms. The Balaban J connectivity index is 2.17. The Bertz CT molecular complexity index is 572. The summed E-state index contributed by atoms with van der Waals surface area (Å²) < 4.78 is 31.3. The first-order valence-electron chi connectivity index (χ1n) is 5.95. The molecule has 0 amide bonds. The molecule has 0 radical (unpaired) electrons. The Labute approximate surface area is 111 Å². The average molecular weight is 263 g/mol. The number of anilines is 1. The molecule has 2 rings (SSSR count). The van der Waals surface area contributed by atoms with E-state index < -0.39 is 5.82 Å². The summed E-state index contributed by atoms with van der Waals surface area (Å²) in [6.45, 7) is 1.91. The lowest BCUT2D eigenvalue weighted by atomic mass is 10.1. The highest BCUT2D eigenvalue weighted by Crippen LogP contribution is 2.25. The van der Waals surface area contributed by atoms with E-state index >= 15 is 0 Å². The zero-order chi connectivity index (χ0) is 13.8. The fraction of sp³-hybridized carbons (Fsp3) is 0.200. The lowest BCUT2D eigenvalue weighted by molar-refractivity contribution is 0.387. The average Bonchev–Trinajstić information content (AvgIpc) is 2.41. The van der Waals surface area contributed by atoms with Gasteiger partial charge < -0.3 is 10.1 Å². The highest BCUT2D eigenvalue weighted by Gasteiger charge is 2.08. The van der Waals surface area contributed by atoms with Crippen LogP contribution in [0.5, 0.6) is 5.75 Å². The van der Waals surface area contributed by atoms with Gasteiger partial charge in [0.25, 0.3) is 0 Å². The number of rotatable bonds is 4. The van der Waals surface area contributed by atoms with Crippen LogP contribution in [0.15, 0.2) is 42.5 Å². The van der Waals surface area contributed by atoms with E-state index in [9.17, 15) is 8.78 Å². The lowest BCUT2D eigenvalue weighted by Crippen LogP contribution is -2.07. The van der Waals surface area contributed by atoms with Gasteiger partial charge in [0.2, 0.25) is 0 Å². The number of methoxy groups -OCH3 is 1. The quantitative estimate of drug-likeness (QED) is 0.894. The summed E-state index contributed by atoms with van der Waals surface area (Å²) in [6.07, 6.45) is 0. The van der Waals surface area contributed by atoms with E-state index in [0.29, 0.717) is 0 Å². The Morgan fingerprint density at radius 1 is 1.11 bits per heavy atom. The molecule has 0 aliphatic rings. The minimum absolute atomic E-state index is 0.0918. The second-order valence-electron chi connectivity index (χ2n) is 4.27. The molecule has 0 aliphatic carbocycles. The Morgan fingerprint density at radius 2 is 1.89 bits per heavy atom. The van der Waals surface area contributed by atoms with Crippen LogP contribution in [0.2, 0.25) is 0 Å². The molecule has 0 spiro atoms. The van der Waals surface area contributed by atoms with E-state index in [2.05, 4.69) is 5.32 Å². The fourth-order valence-electron chi connectivity index (χ4n) is 1.86. The summed E-state index contributed by atoms with van der Waals surface area (Å²) in [4.78, 5) is 0. The molecule has 2 aromatic carbocycles. The second kappa shape index (κ2) is 5.69. The molecule has 0 bridgehead atoms. The minimum atomic E-state index is -0.411. The molecule has 19 heavy (non-hydrogen) atoms. The molecule has 2 nitrogen and oxygen atoms in total. The lowest BCUT2D eigenvalue weighted by Gasteiger charge is -2.16. The van der Waals surface area contributed by atoms with Crippen LogP contribution in [0.4, 0.5) is 14.5 Å². The zero-order valence-electron chi connectivity index (χ0n) is 10.8. The van der Waals surface area contributed by atoms with Crippen molar-refractivity contribution >= 4 is 5.69 Å². The maximum absolute atomic E-state index is 13.3. The molecule has 2 aromatic rings. The molecule has 1 N–H and O–H groups in total. The highest BCUT2D eigenvalue weighted by molar-refractivity contribution is 5.50. The van der Waals surface area contributed by atoms with Crippen molar-refractivity contribution in [3.8, 4) is 5.75 Å². The van der Waals surface area contributed by atoms with Gasteiger partial charge in [0.1, 0.15) is 5.82 Å². The third kappa shape index (κ3) is 3.22. The van der Waals surface area contributed by atoms with Crippen LogP contribution in [0.3, 0.4) is 0 Å². The summed E-state index contributed by atoms with van der Waals surface area (Å²) >= 11 is 0. The molecule has 0 saturated heterocycles. The molecule has 0 heterocycles. The van der Waals surface area contributed by atoms with Crippen molar-refractivity contribution in [1.29, 1.82) is 0 Å². The molecule has 0 aliphatic heterocycles. The third-order valence-electron chi connectivity index (χ3n) is 2.88. The molecule has 0 aromatic heterocycles. The summed E-state index contributed by atoms with van der Waals surface area (Å²) in [6, 6.07) is 10.8. The van der Waals surface area contributed by atoms with Gasteiger partial charge in [0, 0.05) is 17.8 Å². The topological polar surface area (TPSA) is 21.3 Å². The van der Waals surface area contributed by atoms with Crippen molar-refractivity contribution in [3.63, 3.8) is 0 Å². The van der Waals surface area contributed by atoms with E-state index in [-0.39, 0.29) is 17.6 Å². The van der Waals surface area contributed by atoms with Crippen molar-refractivity contribution < 1.29 is 13.5 Å². The first-order chi connectivity index (χ1) is 9.10. The highest BCUT2D eigenvalue weighted by atomic mass is 19.1. The number of halogens is 2. The van der Waals surface area contributed by atoms with E-state index in [4.69, 9.17) is 4.74 Å². The van der Waals surface area contributed by atoms with Crippen LogP contribution >= 0.6 is 0 Å². The van der Waals surface area contributed by atoms with Crippen molar-refractivity contribution in [2.75, 3.05) is 12.4 Å². The standard InChI is InChI=1S/C15H15F2NO/c1-10(11-4-3-5-12(16)8-11)18-13-6-7-14(17)15(9-13)19-2/h3-10,18H,1-2H3. The monoisotopic (exact) mass is 263 g/mol. The number of benzene rings is 2. The van der Waals surface area contributed by atoms with Crippen LogP contribution in [0, 0.1) is 11.6 Å². The van der Waals surface area contributed by atoms with Crippen molar-refractivity contribution in [1.82, 2.24) is 0 Å². The van der Waals surface area contributed by atoms with Crippen molar-refractivity contribution in [2.45, 2.75) is 13.0 Å². The smallest absolute Gasteiger partial charge is 0.165 e. The number of ether oxygens (including phenoxy) is 1. The molecular formula is C15H15F2NO. The first-order valence-corrected chi connectivity index (χ1v) is 5.95. The summed E-state index contributed by atoms with van der Waals surface area (Å²) in [5.74, 6) is -0.509. The van der Waals surface area contributed by atoms with Gasteiger partial charge in [-0.15, -0.1) is 0 Å². The fourth-order valence-corrected chi connectivity index (χ4v) is 1.86. The zero-order valence-corrected chi connectivity index (χ0v) is 10.8. The van der Waals surface area contributed by atoms with Crippen LogP contribution in [0.25, 0.3) is 0 Å². The number of nitrogens with one attached hydrogen (secondary N) is 1. The Hall–Kier alpha value is -2.10. The molecule has 100 valence electrons. The van der Waals surface area contributed by atoms with Gasteiger partial charge in [-0.1, -0.05) is 12.1 Å². The van der Waals surface area contributed by atoms with Gasteiger partial charge in [-0.05, 0) is 36.8 Å². The van der Waals surface area contributed by atoms with Gasteiger partial charge >= 0.3 is 0 Å². The normalized spacial score (nSPS) is 12.0. The minimum Gasteiger partial charge on any atom is -0.494 e. The second-order valence-corrected chi connectivity index (χ2v) is 4.27. The summed E-state index contributed by atoms with van der Waals surface area (Å²) in [5.41, 5.74) is 1.54. The van der Waals surface area contributed by atoms with E-state index in [0.717, 1.165) is 11.3 Å². The molecule has 1 atom stereocenters. The van der Waals surface area contributed by atoms with Gasteiger partial charge in [-0.2, -0.15) is 0 Å². The van der Waals surface area contributed by atoms with Gasteiger partial charge in [0.05, 0.1) is 7.11 Å². The van der Waals surface area contributed by atoms with Crippen LogP contribution < -0.4 is 10.1 Å². The van der Waals surface area contributed by atoms with E-state index in [1.807, 2.05) is 13.0 Å². The molecular weight excluding hydrogens is 248 g/mol. The summed E-state index contributed by atoms with van der Waals surface area (Å²) in [5, 5.41) is 3.17. The molecule has 1 unspecified atom stereocenters. The van der Waals surface area contributed by atoms with Crippen molar-refractivity contribution in [3.05, 3.63) is 59.7 Å². The van der Waals surface area contributed by atoms with Crippen LogP contribution in [-0.4, -0.2) is 7.11 Å². The predicted octanol–water partition coefficient (Wildman–Crippen LogP) is 4.15. The van der Waals surface area contributed by atoms with Gasteiger partial charge in [-0.3, -0.25) is 0 Å². The first kappa shape index (κ1) is 13.3. The van der Waals surface area contributed by atoms with Crippen molar-refractivity contribution in [2.24, 2.45) is 0 Å². The van der Waals surface area contributed by atoms with E-state index in [1.54, 1.807) is 18.2 Å².